The van der Waals surface area contributed by atoms with Gasteiger partial charge in [0.1, 0.15) is 0 Å². The lowest BCUT2D eigenvalue weighted by Gasteiger charge is -2.36. The summed E-state index contributed by atoms with van der Waals surface area (Å²) in [7, 11) is 4.39. The summed E-state index contributed by atoms with van der Waals surface area (Å²) in [4.78, 5) is 28.4. The maximum atomic E-state index is 12.1. The molecule has 0 saturated heterocycles. The molecule has 366 valence electrons. The molecular weight excluding hydrogens is 893 g/mol. The van der Waals surface area contributed by atoms with E-state index in [-0.39, 0.29) is 32.1 Å². The molecule has 2 fully saturated rings. The number of non-ortho nitro benzene ring substituents is 2. The summed E-state index contributed by atoms with van der Waals surface area (Å²) in [5.41, 5.74) is 15.5. The first kappa shape index (κ1) is 47.1. The van der Waals surface area contributed by atoms with E-state index in [0.717, 1.165) is 70.7 Å². The Hall–Kier alpha value is -7.20. The van der Waals surface area contributed by atoms with Gasteiger partial charge in [-0.25, -0.2) is 0 Å². The second kappa shape index (κ2) is 17.8. The second-order valence-corrected chi connectivity index (χ2v) is 22.2. The van der Waals surface area contributed by atoms with Crippen molar-refractivity contribution in [1.29, 1.82) is 0 Å². The van der Waals surface area contributed by atoms with Crippen LogP contribution in [0, 0.1) is 20.2 Å². The summed E-state index contributed by atoms with van der Waals surface area (Å²) in [6.45, 7) is 9.86. The Morgan fingerprint density at radius 2 is 0.889 bits per heavy atom. The molecule has 6 aliphatic rings. The number of allylic oxidation sites excluding steroid dienone is 8. The highest BCUT2D eigenvalue weighted by Gasteiger charge is 2.50. The zero-order valence-electron chi connectivity index (χ0n) is 42.7. The van der Waals surface area contributed by atoms with E-state index in [4.69, 9.17) is 0 Å². The van der Waals surface area contributed by atoms with Gasteiger partial charge in [0.2, 0.25) is 11.4 Å². The van der Waals surface area contributed by atoms with Crippen LogP contribution >= 0.6 is 0 Å². The summed E-state index contributed by atoms with van der Waals surface area (Å²) in [5.74, 6) is 0. The number of hydrogen-bond donors (Lipinski definition) is 0. The number of nitrogens with zero attached hydrogens (tertiary/aromatic N) is 6. The van der Waals surface area contributed by atoms with Gasteiger partial charge in [0.05, 0.1) is 20.7 Å². The molecule has 5 aromatic carbocycles. The van der Waals surface area contributed by atoms with Crippen LogP contribution in [0.15, 0.2) is 157 Å². The van der Waals surface area contributed by atoms with Crippen LogP contribution in [-0.2, 0) is 34.7 Å². The average molecular weight is 959 g/mol. The molecule has 0 radical (unpaired) electrons. The van der Waals surface area contributed by atoms with Gasteiger partial charge < -0.3 is 9.80 Å². The number of benzene rings is 5. The molecule has 2 aliphatic carbocycles. The van der Waals surface area contributed by atoms with E-state index in [0.29, 0.717) is 13.1 Å². The fourth-order valence-corrected chi connectivity index (χ4v) is 13.9. The average Bonchev–Trinajstić information content (AvgIpc) is 3.92. The molecule has 72 heavy (non-hydrogen) atoms. The van der Waals surface area contributed by atoms with Crippen molar-refractivity contribution in [3.05, 3.63) is 211 Å². The topological polar surface area (TPSA) is 98.8 Å². The van der Waals surface area contributed by atoms with Gasteiger partial charge in [-0.3, -0.25) is 20.2 Å². The summed E-state index contributed by atoms with van der Waals surface area (Å²) in [6.07, 6.45) is 25.5. The number of rotatable bonds is 10. The van der Waals surface area contributed by atoms with Crippen molar-refractivity contribution in [2.24, 2.45) is 0 Å². The number of para-hydroxylation sites is 2. The second-order valence-electron chi connectivity index (χ2n) is 22.2. The van der Waals surface area contributed by atoms with Gasteiger partial charge >= 0.3 is 0 Å². The van der Waals surface area contributed by atoms with Crippen molar-refractivity contribution in [3.63, 3.8) is 0 Å². The summed E-state index contributed by atoms with van der Waals surface area (Å²) in [6, 6.07) is 37.1. The molecule has 0 aromatic heterocycles. The van der Waals surface area contributed by atoms with Crippen molar-refractivity contribution in [3.8, 4) is 0 Å². The molecule has 11 rings (SSSR count). The zero-order valence-corrected chi connectivity index (χ0v) is 42.7. The predicted octanol–water partition coefficient (Wildman–Crippen LogP) is 14.2. The highest BCUT2D eigenvalue weighted by Crippen LogP contribution is 2.56. The molecule has 10 nitrogen and oxygen atoms in total. The van der Waals surface area contributed by atoms with Crippen LogP contribution in [-0.4, -0.2) is 44.5 Å². The smallest absolute Gasteiger partial charge is 0.270 e. The SMILES string of the molecule is CN1/C(=C/C=C/C2=[N+](Cc3ccc(C[N+]4=C(/C=C/C=C5/N(C)c6ccccc6C56CCCCC6)C(C)(C)c5cc([N+](=O)[O-])ccc54)cc3)c3ccc([N+](=O)[O-])cc3C2(C)C)C2(CCCCC2)c2ccccc21. The van der Waals surface area contributed by atoms with Gasteiger partial charge in [-0.15, -0.1) is 0 Å². The van der Waals surface area contributed by atoms with Gasteiger partial charge in [-0.2, -0.15) is 9.15 Å². The van der Waals surface area contributed by atoms with Crippen LogP contribution in [0.4, 0.5) is 34.1 Å². The molecule has 0 bridgehead atoms. The number of nitro benzene ring substituents is 2. The number of anilines is 2. The first-order chi connectivity index (χ1) is 34.7. The maximum absolute atomic E-state index is 12.1. The van der Waals surface area contributed by atoms with Crippen LogP contribution in [0.25, 0.3) is 0 Å². The molecule has 2 spiro atoms. The van der Waals surface area contributed by atoms with Gasteiger partial charge in [-0.05, 0) is 88.8 Å². The number of fused-ring (bicyclic) bond motifs is 6. The molecule has 2 saturated carbocycles. The highest BCUT2D eigenvalue weighted by molar-refractivity contribution is 6.04. The molecule has 0 amide bonds. The molecule has 0 atom stereocenters. The molecule has 0 N–H and O–H groups in total. The van der Waals surface area contributed by atoms with Gasteiger partial charge in [0.15, 0.2) is 24.5 Å². The van der Waals surface area contributed by atoms with E-state index in [1.807, 2.05) is 12.1 Å². The minimum absolute atomic E-state index is 0.00367. The summed E-state index contributed by atoms with van der Waals surface area (Å²) < 4.78 is 4.67. The first-order valence-electron chi connectivity index (χ1n) is 26.1. The first-order valence-corrected chi connectivity index (χ1v) is 26.1. The van der Waals surface area contributed by atoms with Gasteiger partial charge in [-0.1, -0.05) is 111 Å². The molecular formula is C62H66N6O4+2. The van der Waals surface area contributed by atoms with E-state index in [9.17, 15) is 20.2 Å². The molecule has 4 heterocycles. The number of nitro groups is 2. The monoisotopic (exact) mass is 959 g/mol. The van der Waals surface area contributed by atoms with E-state index in [1.165, 1.54) is 72.4 Å². The Labute approximate surface area is 424 Å². The van der Waals surface area contributed by atoms with Gasteiger partial charge in [0, 0.05) is 118 Å². The third-order valence-corrected chi connectivity index (χ3v) is 17.6. The van der Waals surface area contributed by atoms with E-state index in [1.54, 1.807) is 24.3 Å². The highest BCUT2D eigenvalue weighted by atomic mass is 16.6. The van der Waals surface area contributed by atoms with Crippen LogP contribution in [0.3, 0.4) is 0 Å². The minimum Gasteiger partial charge on any atom is -0.347 e. The van der Waals surface area contributed by atoms with Crippen LogP contribution in [0.2, 0.25) is 0 Å². The Kier molecular flexibility index (Phi) is 11.7. The van der Waals surface area contributed by atoms with Crippen LogP contribution in [0.5, 0.6) is 0 Å². The zero-order chi connectivity index (χ0) is 50.2. The molecule has 5 aromatic rings. The largest absolute Gasteiger partial charge is 0.347 e. The summed E-state index contributed by atoms with van der Waals surface area (Å²) >= 11 is 0. The fourth-order valence-electron chi connectivity index (χ4n) is 13.9. The Bertz CT molecular complexity index is 3030. The van der Waals surface area contributed by atoms with E-state index >= 15 is 0 Å². The summed E-state index contributed by atoms with van der Waals surface area (Å²) in [5, 5.41) is 24.2. The van der Waals surface area contributed by atoms with Crippen LogP contribution < -0.4 is 9.80 Å². The molecule has 4 aliphatic heterocycles. The van der Waals surface area contributed by atoms with Crippen molar-refractivity contribution in [2.75, 3.05) is 23.9 Å². The third kappa shape index (κ3) is 7.50. The number of hydrogen-bond acceptors (Lipinski definition) is 6. The number of likely N-dealkylation sites (N-methyl/N-ethyl adjacent to an activating group) is 2. The van der Waals surface area contributed by atoms with Crippen molar-refractivity contribution >= 4 is 45.5 Å². The molecule has 0 unspecified atom stereocenters. The fraction of sp³-hybridized carbons (Fsp3) is 0.355. The van der Waals surface area contributed by atoms with E-state index < -0.39 is 10.8 Å². The minimum atomic E-state index is -0.502. The van der Waals surface area contributed by atoms with Crippen molar-refractivity contribution in [1.82, 2.24) is 0 Å². The van der Waals surface area contributed by atoms with E-state index in [2.05, 4.69) is 170 Å². The van der Waals surface area contributed by atoms with Crippen molar-refractivity contribution in [2.45, 2.75) is 127 Å². The van der Waals surface area contributed by atoms with Crippen LogP contribution in [0.1, 0.15) is 125 Å². The molecule has 10 heteroatoms. The lowest BCUT2D eigenvalue weighted by atomic mass is 9.68. The predicted molar refractivity (Wildman–Crippen MR) is 290 cm³/mol. The maximum Gasteiger partial charge on any atom is 0.270 e. The lowest BCUT2D eigenvalue weighted by molar-refractivity contribution is -0.456. The Morgan fingerprint density at radius 1 is 0.514 bits per heavy atom. The normalized spacial score (nSPS) is 21.2. The Balaban J connectivity index is 0.935. The Morgan fingerprint density at radius 3 is 1.26 bits per heavy atom. The standard InChI is InChI=1S/C62H66N6O4/c1-59(2)49-39-45(67(69)70)31-33-53(49)65(55(59)23-17-25-57-61(35-13-7-14-36-61)47-19-9-11-21-51(47)63(57)5)41-43-27-29-44(30-28-43)42-66-54-34-32-46(68(71)72)40-50(54)60(3,4)56(66)24-18-26-58-62(37-15-8-16-38-62)48-20-10-12-22-52(48)64(58)6/h9-12,17-34,39-40H,7-8,13-16,35-38,41-42H2,1-6H3/q+2. The van der Waals surface area contributed by atoms with Crippen molar-refractivity contribution < 1.29 is 19.0 Å². The van der Waals surface area contributed by atoms with Gasteiger partial charge in [0.25, 0.3) is 11.4 Å². The lowest BCUT2D eigenvalue weighted by Crippen LogP contribution is -2.32. The quantitative estimate of drug-likeness (QED) is 0.0785. The third-order valence-electron chi connectivity index (χ3n) is 17.6.